The first-order valence-corrected chi connectivity index (χ1v) is 5.25. The summed E-state index contributed by atoms with van der Waals surface area (Å²) in [5, 5.41) is 3.22. The smallest absolute Gasteiger partial charge is 0.0901 e. The van der Waals surface area contributed by atoms with E-state index in [0.717, 1.165) is 10.7 Å². The van der Waals surface area contributed by atoms with E-state index in [1.165, 1.54) is 11.1 Å². The van der Waals surface area contributed by atoms with Gasteiger partial charge in [-0.05, 0) is 33.3 Å². The number of thiazole rings is 1. The lowest BCUT2D eigenvalue weighted by Gasteiger charge is -1.96. The van der Waals surface area contributed by atoms with Gasteiger partial charge in [-0.15, -0.1) is 11.3 Å². The van der Waals surface area contributed by atoms with Crippen molar-refractivity contribution in [3.8, 4) is 0 Å². The molecular formula is C11H15NS. The van der Waals surface area contributed by atoms with E-state index in [2.05, 4.69) is 36.4 Å². The van der Waals surface area contributed by atoms with E-state index >= 15 is 0 Å². The fraction of sp³-hybridized carbons (Fsp3) is 0.364. The molecule has 0 amide bonds. The Morgan fingerprint density at radius 2 is 2.15 bits per heavy atom. The lowest BCUT2D eigenvalue weighted by Crippen LogP contribution is -1.81. The van der Waals surface area contributed by atoms with Crippen LogP contribution in [0.4, 0.5) is 0 Å². The summed E-state index contributed by atoms with van der Waals surface area (Å²) in [7, 11) is 0. The lowest BCUT2D eigenvalue weighted by atomic mass is 10.1. The average molecular weight is 193 g/mol. The third-order valence-electron chi connectivity index (χ3n) is 1.67. The quantitative estimate of drug-likeness (QED) is 0.651. The Hall–Kier alpha value is -0.890. The molecule has 0 fully saturated rings. The number of aromatic nitrogens is 1. The molecule has 0 aliphatic rings. The van der Waals surface area contributed by atoms with Crippen LogP contribution in [-0.2, 0) is 0 Å². The predicted molar refractivity (Wildman–Crippen MR) is 59.9 cm³/mol. The van der Waals surface area contributed by atoms with Gasteiger partial charge in [-0.1, -0.05) is 17.7 Å². The van der Waals surface area contributed by atoms with Gasteiger partial charge in [0.25, 0.3) is 0 Å². The average Bonchev–Trinajstić information content (AvgIpc) is 2.47. The highest BCUT2D eigenvalue weighted by Gasteiger charge is 2.01. The summed E-state index contributed by atoms with van der Waals surface area (Å²) in [5.41, 5.74) is 3.61. The Labute approximate surface area is 83.8 Å². The van der Waals surface area contributed by atoms with Crippen molar-refractivity contribution in [2.75, 3.05) is 0 Å². The monoisotopic (exact) mass is 193 g/mol. The second kappa shape index (κ2) is 4.38. The minimum absolute atomic E-state index is 1.09. The van der Waals surface area contributed by atoms with E-state index in [4.69, 9.17) is 0 Å². The summed E-state index contributed by atoms with van der Waals surface area (Å²) in [6.07, 6.45) is 4.26. The molecule has 0 atom stereocenters. The standard InChI is InChI=1S/C11H15NS/c1-5-10(6-8(2)3)11-7-13-9(4)12-11/h5-7H,1-4H3/b10-5+. The zero-order valence-electron chi connectivity index (χ0n) is 8.59. The highest BCUT2D eigenvalue weighted by atomic mass is 32.1. The summed E-state index contributed by atoms with van der Waals surface area (Å²) in [6.45, 7) is 8.28. The molecule has 1 nitrogen and oxygen atoms in total. The van der Waals surface area contributed by atoms with Crippen molar-refractivity contribution >= 4 is 16.9 Å². The number of rotatable bonds is 2. The molecule has 0 saturated heterocycles. The van der Waals surface area contributed by atoms with Crippen molar-refractivity contribution in [1.29, 1.82) is 0 Å². The second-order valence-corrected chi connectivity index (χ2v) is 4.28. The second-order valence-electron chi connectivity index (χ2n) is 3.22. The molecule has 0 aliphatic heterocycles. The molecule has 0 radical (unpaired) electrons. The van der Waals surface area contributed by atoms with Crippen LogP contribution < -0.4 is 0 Å². The molecule has 0 saturated carbocycles. The molecular weight excluding hydrogens is 178 g/mol. The van der Waals surface area contributed by atoms with Crippen molar-refractivity contribution < 1.29 is 0 Å². The third kappa shape index (κ3) is 2.81. The van der Waals surface area contributed by atoms with E-state index < -0.39 is 0 Å². The van der Waals surface area contributed by atoms with Gasteiger partial charge >= 0.3 is 0 Å². The molecule has 1 aromatic rings. The number of nitrogens with zero attached hydrogens (tertiary/aromatic N) is 1. The van der Waals surface area contributed by atoms with Crippen molar-refractivity contribution in [2.45, 2.75) is 27.7 Å². The Morgan fingerprint density at radius 1 is 1.46 bits per heavy atom. The Kier molecular flexibility index (Phi) is 3.43. The number of aryl methyl sites for hydroxylation is 1. The molecule has 0 aliphatic carbocycles. The molecule has 0 spiro atoms. The normalized spacial score (nSPS) is 11.5. The topological polar surface area (TPSA) is 12.9 Å². The molecule has 2 heteroatoms. The van der Waals surface area contributed by atoms with Gasteiger partial charge in [0.05, 0.1) is 10.7 Å². The fourth-order valence-corrected chi connectivity index (χ4v) is 1.73. The molecule has 0 bridgehead atoms. The minimum atomic E-state index is 1.09. The molecule has 0 N–H and O–H groups in total. The fourth-order valence-electron chi connectivity index (χ4n) is 1.11. The predicted octanol–water partition coefficient (Wildman–Crippen LogP) is 3.82. The highest BCUT2D eigenvalue weighted by Crippen LogP contribution is 2.19. The molecule has 1 aromatic heterocycles. The highest BCUT2D eigenvalue weighted by molar-refractivity contribution is 7.09. The van der Waals surface area contributed by atoms with Crippen LogP contribution in [0.5, 0.6) is 0 Å². The maximum atomic E-state index is 4.44. The van der Waals surface area contributed by atoms with Crippen LogP contribution in [0.25, 0.3) is 5.57 Å². The van der Waals surface area contributed by atoms with Crippen LogP contribution in [0.1, 0.15) is 31.5 Å². The van der Waals surface area contributed by atoms with Crippen LogP contribution in [-0.4, -0.2) is 4.98 Å². The van der Waals surface area contributed by atoms with E-state index in [0.29, 0.717) is 0 Å². The number of hydrogen-bond donors (Lipinski definition) is 0. The lowest BCUT2D eigenvalue weighted by molar-refractivity contribution is 1.26. The first-order valence-electron chi connectivity index (χ1n) is 4.37. The van der Waals surface area contributed by atoms with Crippen molar-refractivity contribution in [3.05, 3.63) is 33.8 Å². The molecule has 0 unspecified atom stereocenters. The Balaban J connectivity index is 2.99. The van der Waals surface area contributed by atoms with Gasteiger partial charge in [0.15, 0.2) is 0 Å². The van der Waals surface area contributed by atoms with Crippen LogP contribution in [0.3, 0.4) is 0 Å². The van der Waals surface area contributed by atoms with Crippen LogP contribution in [0, 0.1) is 6.92 Å². The van der Waals surface area contributed by atoms with Crippen LogP contribution in [0.15, 0.2) is 23.1 Å². The number of allylic oxidation sites excluding steroid dienone is 4. The molecule has 70 valence electrons. The zero-order valence-corrected chi connectivity index (χ0v) is 9.40. The summed E-state index contributed by atoms with van der Waals surface area (Å²) < 4.78 is 0. The zero-order chi connectivity index (χ0) is 9.84. The maximum Gasteiger partial charge on any atom is 0.0901 e. The molecule has 1 heterocycles. The van der Waals surface area contributed by atoms with E-state index in [9.17, 15) is 0 Å². The first-order chi connectivity index (χ1) is 6.13. The van der Waals surface area contributed by atoms with E-state index in [1.54, 1.807) is 11.3 Å². The van der Waals surface area contributed by atoms with Crippen molar-refractivity contribution in [1.82, 2.24) is 4.98 Å². The third-order valence-corrected chi connectivity index (χ3v) is 2.44. The van der Waals surface area contributed by atoms with Gasteiger partial charge in [-0.3, -0.25) is 0 Å². The number of hydrogen-bond acceptors (Lipinski definition) is 2. The molecule has 0 aromatic carbocycles. The van der Waals surface area contributed by atoms with Crippen LogP contribution >= 0.6 is 11.3 Å². The van der Waals surface area contributed by atoms with Crippen molar-refractivity contribution in [3.63, 3.8) is 0 Å². The summed E-state index contributed by atoms with van der Waals surface area (Å²) >= 11 is 1.69. The summed E-state index contributed by atoms with van der Waals surface area (Å²) in [5.74, 6) is 0. The summed E-state index contributed by atoms with van der Waals surface area (Å²) in [6, 6.07) is 0. The van der Waals surface area contributed by atoms with Gasteiger partial charge < -0.3 is 0 Å². The van der Waals surface area contributed by atoms with Gasteiger partial charge in [0, 0.05) is 5.38 Å². The Morgan fingerprint density at radius 3 is 2.54 bits per heavy atom. The summed E-state index contributed by atoms with van der Waals surface area (Å²) in [4.78, 5) is 4.44. The molecule has 1 rings (SSSR count). The van der Waals surface area contributed by atoms with E-state index in [-0.39, 0.29) is 0 Å². The van der Waals surface area contributed by atoms with Crippen LogP contribution in [0.2, 0.25) is 0 Å². The minimum Gasteiger partial charge on any atom is -0.242 e. The largest absolute Gasteiger partial charge is 0.242 e. The van der Waals surface area contributed by atoms with E-state index in [1.807, 2.05) is 13.8 Å². The maximum absolute atomic E-state index is 4.44. The van der Waals surface area contributed by atoms with Crippen molar-refractivity contribution in [2.24, 2.45) is 0 Å². The van der Waals surface area contributed by atoms with Gasteiger partial charge in [0.2, 0.25) is 0 Å². The van der Waals surface area contributed by atoms with Gasteiger partial charge in [0.1, 0.15) is 0 Å². The molecule has 13 heavy (non-hydrogen) atoms. The van der Waals surface area contributed by atoms with Gasteiger partial charge in [-0.2, -0.15) is 0 Å². The van der Waals surface area contributed by atoms with Gasteiger partial charge in [-0.25, -0.2) is 4.98 Å². The Bertz CT molecular complexity index is 341. The first kappa shape index (κ1) is 10.2. The SMILES string of the molecule is C/C=C(\C=C(C)C)c1csc(C)n1.